The smallest absolute Gasteiger partial charge is 0.203 e. The zero-order valence-electron chi connectivity index (χ0n) is 11.2. The Balaban J connectivity index is 2.13. The Labute approximate surface area is 116 Å². The van der Waals surface area contributed by atoms with Crippen molar-refractivity contribution in [3.8, 4) is 5.75 Å². The molecule has 0 spiro atoms. The molecule has 0 aliphatic rings. The average Bonchev–Trinajstić information content (AvgIpc) is 2.37. The van der Waals surface area contributed by atoms with Gasteiger partial charge in [-0.05, 0) is 37.1 Å². The summed E-state index contributed by atoms with van der Waals surface area (Å²) in [6.45, 7) is 3.45. The van der Waals surface area contributed by atoms with Crippen molar-refractivity contribution in [3.63, 3.8) is 0 Å². The summed E-state index contributed by atoms with van der Waals surface area (Å²) >= 11 is 0. The Morgan fingerprint density at radius 3 is 2.35 bits per heavy atom. The van der Waals surface area contributed by atoms with Crippen molar-refractivity contribution < 1.29 is 18.3 Å². The van der Waals surface area contributed by atoms with E-state index in [0.29, 0.717) is 11.8 Å². The molecule has 0 aromatic heterocycles. The van der Waals surface area contributed by atoms with E-state index < -0.39 is 17.4 Å². The number of hydrogen-bond donors (Lipinski definition) is 0. The maximum absolute atomic E-state index is 13.5. The van der Waals surface area contributed by atoms with Crippen LogP contribution >= 0.6 is 0 Å². The summed E-state index contributed by atoms with van der Waals surface area (Å²) in [6, 6.07) is 8.48. The minimum Gasteiger partial charge on any atom is -0.485 e. The van der Waals surface area contributed by atoms with E-state index in [1.807, 2.05) is 32.0 Å². The lowest BCUT2D eigenvalue weighted by Gasteiger charge is -2.11. The maximum atomic E-state index is 13.5. The number of ketones is 1. The number of hydrogen-bond acceptors (Lipinski definition) is 2. The highest BCUT2D eigenvalue weighted by Gasteiger charge is 2.14. The third-order valence-corrected chi connectivity index (χ3v) is 2.99. The predicted molar refractivity (Wildman–Crippen MR) is 72.1 cm³/mol. The molecule has 2 aromatic carbocycles. The molecule has 104 valence electrons. The second-order valence-corrected chi connectivity index (χ2v) is 4.56. The molecule has 0 radical (unpaired) electrons. The Kier molecular flexibility index (Phi) is 4.13. The molecule has 0 atom stereocenters. The molecule has 0 aliphatic heterocycles. The predicted octanol–water partition coefficient (Wildman–Crippen LogP) is 3.84. The van der Waals surface area contributed by atoms with Gasteiger partial charge < -0.3 is 4.74 Å². The van der Waals surface area contributed by atoms with Crippen molar-refractivity contribution in [2.24, 2.45) is 0 Å². The highest BCUT2D eigenvalue weighted by molar-refractivity contribution is 5.97. The minimum atomic E-state index is -0.875. The molecular weight excluding hydrogens is 262 g/mol. The van der Waals surface area contributed by atoms with Crippen LogP contribution < -0.4 is 4.74 Å². The first-order valence-electron chi connectivity index (χ1n) is 6.16. The standard InChI is InChI=1S/C16H14F2O2/c1-10-4-3-5-11(2)16(10)20-9-15(19)13-7-6-12(17)8-14(13)18/h3-8H,9H2,1-2H3. The molecule has 0 saturated heterocycles. The summed E-state index contributed by atoms with van der Waals surface area (Å²) in [6.07, 6.45) is 0. The van der Waals surface area contributed by atoms with Crippen LogP contribution in [0.2, 0.25) is 0 Å². The molecule has 0 bridgehead atoms. The van der Waals surface area contributed by atoms with Crippen LogP contribution in [-0.2, 0) is 0 Å². The number of benzene rings is 2. The van der Waals surface area contributed by atoms with Gasteiger partial charge in [-0.2, -0.15) is 0 Å². The molecule has 20 heavy (non-hydrogen) atoms. The van der Waals surface area contributed by atoms with Gasteiger partial charge in [-0.3, -0.25) is 4.79 Å². The molecule has 2 aromatic rings. The summed E-state index contributed by atoms with van der Waals surface area (Å²) in [4.78, 5) is 11.9. The van der Waals surface area contributed by atoms with Crippen molar-refractivity contribution in [1.29, 1.82) is 0 Å². The summed E-state index contributed by atoms with van der Waals surface area (Å²) in [5, 5.41) is 0. The second kappa shape index (κ2) is 5.82. The lowest BCUT2D eigenvalue weighted by molar-refractivity contribution is 0.0916. The van der Waals surface area contributed by atoms with Crippen molar-refractivity contribution >= 4 is 5.78 Å². The van der Waals surface area contributed by atoms with Gasteiger partial charge in [0.2, 0.25) is 5.78 Å². The third-order valence-electron chi connectivity index (χ3n) is 2.99. The highest BCUT2D eigenvalue weighted by atomic mass is 19.1. The molecule has 4 heteroatoms. The Bertz CT molecular complexity index is 631. The molecule has 0 unspecified atom stereocenters. The number of Topliss-reactive ketones (excluding diaryl/α,β-unsaturated/α-hetero) is 1. The lowest BCUT2D eigenvalue weighted by Crippen LogP contribution is -2.14. The van der Waals surface area contributed by atoms with E-state index in [-0.39, 0.29) is 12.2 Å². The molecular formula is C16H14F2O2. The van der Waals surface area contributed by atoms with Gasteiger partial charge in [-0.1, -0.05) is 18.2 Å². The van der Waals surface area contributed by atoms with Gasteiger partial charge in [0.25, 0.3) is 0 Å². The lowest BCUT2D eigenvalue weighted by atomic mass is 10.1. The van der Waals surface area contributed by atoms with Gasteiger partial charge >= 0.3 is 0 Å². The van der Waals surface area contributed by atoms with Crippen LogP contribution in [0, 0.1) is 25.5 Å². The van der Waals surface area contributed by atoms with Gasteiger partial charge in [0, 0.05) is 6.07 Å². The van der Waals surface area contributed by atoms with Gasteiger partial charge in [-0.25, -0.2) is 8.78 Å². The minimum absolute atomic E-state index is 0.169. The number of carbonyl (C=O) groups excluding carboxylic acids is 1. The first-order chi connectivity index (χ1) is 9.49. The topological polar surface area (TPSA) is 26.3 Å². The zero-order valence-corrected chi connectivity index (χ0v) is 11.2. The number of halogens is 2. The Morgan fingerprint density at radius 1 is 1.10 bits per heavy atom. The van der Waals surface area contributed by atoms with Crippen molar-refractivity contribution in [1.82, 2.24) is 0 Å². The van der Waals surface area contributed by atoms with Crippen molar-refractivity contribution in [2.75, 3.05) is 6.61 Å². The quantitative estimate of drug-likeness (QED) is 0.793. The molecule has 0 fully saturated rings. The molecule has 2 nitrogen and oxygen atoms in total. The first kappa shape index (κ1) is 14.2. The zero-order chi connectivity index (χ0) is 14.7. The number of ether oxygens (including phenoxy) is 1. The van der Waals surface area contributed by atoms with Gasteiger partial charge in [-0.15, -0.1) is 0 Å². The fourth-order valence-electron chi connectivity index (χ4n) is 1.96. The van der Waals surface area contributed by atoms with Crippen LogP contribution in [0.1, 0.15) is 21.5 Å². The summed E-state index contributed by atoms with van der Waals surface area (Å²) in [5.74, 6) is -1.50. The number of carbonyl (C=O) groups is 1. The molecule has 2 rings (SSSR count). The Morgan fingerprint density at radius 2 is 1.75 bits per heavy atom. The van der Waals surface area contributed by atoms with Crippen molar-refractivity contribution in [2.45, 2.75) is 13.8 Å². The molecule has 0 saturated carbocycles. The van der Waals surface area contributed by atoms with Gasteiger partial charge in [0.05, 0.1) is 5.56 Å². The number of para-hydroxylation sites is 1. The van der Waals surface area contributed by atoms with Crippen LogP contribution in [0.15, 0.2) is 36.4 Å². The molecule has 0 amide bonds. The first-order valence-corrected chi connectivity index (χ1v) is 6.16. The maximum Gasteiger partial charge on any atom is 0.203 e. The number of rotatable bonds is 4. The Hall–Kier alpha value is -2.23. The third kappa shape index (κ3) is 3.02. The van der Waals surface area contributed by atoms with Crippen molar-refractivity contribution in [3.05, 3.63) is 64.7 Å². The van der Waals surface area contributed by atoms with E-state index >= 15 is 0 Å². The summed E-state index contributed by atoms with van der Waals surface area (Å²) in [5.41, 5.74) is 1.63. The summed E-state index contributed by atoms with van der Waals surface area (Å²) < 4.78 is 31.7. The van der Waals surface area contributed by atoms with Crippen LogP contribution in [0.25, 0.3) is 0 Å². The fraction of sp³-hybridized carbons (Fsp3) is 0.188. The SMILES string of the molecule is Cc1cccc(C)c1OCC(=O)c1ccc(F)cc1F. The monoisotopic (exact) mass is 276 g/mol. The van der Waals surface area contributed by atoms with E-state index in [0.717, 1.165) is 23.3 Å². The second-order valence-electron chi connectivity index (χ2n) is 4.56. The van der Waals surface area contributed by atoms with E-state index in [2.05, 4.69) is 0 Å². The van der Waals surface area contributed by atoms with E-state index in [9.17, 15) is 13.6 Å². The van der Waals surface area contributed by atoms with E-state index in [1.165, 1.54) is 0 Å². The van der Waals surface area contributed by atoms with Gasteiger partial charge in [0.1, 0.15) is 17.4 Å². The summed E-state index contributed by atoms with van der Waals surface area (Å²) in [7, 11) is 0. The molecule has 0 heterocycles. The normalized spacial score (nSPS) is 10.4. The largest absolute Gasteiger partial charge is 0.485 e. The average molecular weight is 276 g/mol. The highest BCUT2D eigenvalue weighted by Crippen LogP contribution is 2.22. The van der Waals surface area contributed by atoms with Crippen LogP contribution in [0.3, 0.4) is 0 Å². The number of aryl methyl sites for hydroxylation is 2. The molecule has 0 aliphatic carbocycles. The van der Waals surface area contributed by atoms with Crippen LogP contribution in [0.4, 0.5) is 8.78 Å². The van der Waals surface area contributed by atoms with Gasteiger partial charge in [0.15, 0.2) is 6.61 Å². The molecule has 0 N–H and O–H groups in total. The fourth-order valence-corrected chi connectivity index (χ4v) is 1.96. The van der Waals surface area contributed by atoms with E-state index in [4.69, 9.17) is 4.74 Å². The van der Waals surface area contributed by atoms with Crippen LogP contribution in [-0.4, -0.2) is 12.4 Å². The van der Waals surface area contributed by atoms with E-state index in [1.54, 1.807) is 0 Å². The van der Waals surface area contributed by atoms with Crippen LogP contribution in [0.5, 0.6) is 5.75 Å².